The number of benzene rings is 1. The van der Waals surface area contributed by atoms with E-state index in [-0.39, 0.29) is 5.56 Å². The fourth-order valence-electron chi connectivity index (χ4n) is 2.36. The van der Waals surface area contributed by atoms with Crippen molar-refractivity contribution in [2.75, 3.05) is 20.3 Å². The summed E-state index contributed by atoms with van der Waals surface area (Å²) in [6.45, 7) is 0.491. The standard InChI is InChI=1S/C14H17F3N2O/c1-20-7-6-19-9-11(12(8-18)14(15,16)17)10-4-2-3-5-13(10)19/h2-5,9,12H,6-8,18H2,1H3/t12-/m1/s1. The Kier molecular flexibility index (Phi) is 4.35. The Labute approximate surface area is 115 Å². The van der Waals surface area contributed by atoms with Gasteiger partial charge in [-0.1, -0.05) is 18.2 Å². The number of ether oxygens (including phenoxy) is 1. The first-order valence-electron chi connectivity index (χ1n) is 6.32. The Morgan fingerprint density at radius 2 is 2.00 bits per heavy atom. The van der Waals surface area contributed by atoms with Crippen LogP contribution in [0, 0.1) is 0 Å². The average molecular weight is 286 g/mol. The number of methoxy groups -OCH3 is 1. The van der Waals surface area contributed by atoms with E-state index < -0.39 is 18.6 Å². The second-order valence-electron chi connectivity index (χ2n) is 4.62. The second kappa shape index (κ2) is 5.85. The van der Waals surface area contributed by atoms with E-state index in [1.165, 1.54) is 6.20 Å². The topological polar surface area (TPSA) is 40.2 Å². The van der Waals surface area contributed by atoms with Gasteiger partial charge in [0.2, 0.25) is 0 Å². The molecule has 1 aromatic carbocycles. The van der Waals surface area contributed by atoms with Crippen LogP contribution in [0.1, 0.15) is 11.5 Å². The molecule has 0 aliphatic rings. The summed E-state index contributed by atoms with van der Waals surface area (Å²) in [5.41, 5.74) is 6.33. The van der Waals surface area contributed by atoms with E-state index in [1.807, 2.05) is 0 Å². The molecule has 20 heavy (non-hydrogen) atoms. The molecule has 3 nitrogen and oxygen atoms in total. The predicted molar refractivity (Wildman–Crippen MR) is 71.7 cm³/mol. The molecular formula is C14H17F3N2O. The molecule has 0 saturated carbocycles. The van der Waals surface area contributed by atoms with Gasteiger partial charge in [0.1, 0.15) is 0 Å². The molecule has 0 aliphatic heterocycles. The van der Waals surface area contributed by atoms with Crippen LogP contribution in [0.5, 0.6) is 0 Å². The zero-order valence-corrected chi connectivity index (χ0v) is 11.2. The molecule has 0 radical (unpaired) electrons. The Morgan fingerprint density at radius 3 is 2.60 bits per heavy atom. The van der Waals surface area contributed by atoms with E-state index in [9.17, 15) is 13.2 Å². The SMILES string of the molecule is COCCn1cc([C@@H](CN)C(F)(F)F)c2ccccc21. The fourth-order valence-corrected chi connectivity index (χ4v) is 2.36. The van der Waals surface area contributed by atoms with Gasteiger partial charge in [-0.2, -0.15) is 13.2 Å². The third kappa shape index (κ3) is 2.81. The van der Waals surface area contributed by atoms with E-state index in [1.54, 1.807) is 35.9 Å². The summed E-state index contributed by atoms with van der Waals surface area (Å²) in [5, 5.41) is 0.594. The first kappa shape index (κ1) is 14.9. The number of nitrogens with two attached hydrogens (primary N) is 1. The molecule has 6 heteroatoms. The van der Waals surface area contributed by atoms with Gasteiger partial charge < -0.3 is 15.0 Å². The maximum absolute atomic E-state index is 13.1. The van der Waals surface area contributed by atoms with E-state index in [0.717, 1.165) is 5.52 Å². The van der Waals surface area contributed by atoms with Gasteiger partial charge in [-0.05, 0) is 11.6 Å². The van der Waals surface area contributed by atoms with Crippen molar-refractivity contribution in [2.45, 2.75) is 18.6 Å². The molecular weight excluding hydrogens is 269 g/mol. The average Bonchev–Trinajstić information content (AvgIpc) is 2.75. The molecule has 1 aromatic heterocycles. The smallest absolute Gasteiger partial charge is 0.383 e. The van der Waals surface area contributed by atoms with Crippen molar-refractivity contribution in [3.63, 3.8) is 0 Å². The lowest BCUT2D eigenvalue weighted by Crippen LogP contribution is -2.27. The normalized spacial score (nSPS) is 13.8. The van der Waals surface area contributed by atoms with Gasteiger partial charge in [-0.25, -0.2) is 0 Å². The number of nitrogens with zero attached hydrogens (tertiary/aromatic N) is 1. The molecule has 0 amide bonds. The minimum absolute atomic E-state index is 0.228. The van der Waals surface area contributed by atoms with Crippen LogP contribution in [0.25, 0.3) is 10.9 Å². The Hall–Kier alpha value is -1.53. The molecule has 110 valence electrons. The molecule has 1 heterocycles. The van der Waals surface area contributed by atoms with Crippen LogP contribution in [-0.2, 0) is 11.3 Å². The van der Waals surface area contributed by atoms with Gasteiger partial charge in [-0.3, -0.25) is 0 Å². The lowest BCUT2D eigenvalue weighted by atomic mass is 9.98. The molecule has 1 atom stereocenters. The number of alkyl halides is 3. The van der Waals surface area contributed by atoms with Crippen molar-refractivity contribution >= 4 is 10.9 Å². The number of halogens is 3. The number of rotatable bonds is 5. The maximum Gasteiger partial charge on any atom is 0.397 e. The summed E-state index contributed by atoms with van der Waals surface area (Å²) in [7, 11) is 1.56. The molecule has 2 N–H and O–H groups in total. The second-order valence-corrected chi connectivity index (χ2v) is 4.62. The monoisotopic (exact) mass is 286 g/mol. The van der Waals surface area contributed by atoms with Crippen molar-refractivity contribution in [2.24, 2.45) is 5.73 Å². The summed E-state index contributed by atoms with van der Waals surface area (Å²) < 4.78 is 46.0. The summed E-state index contributed by atoms with van der Waals surface area (Å²) in [4.78, 5) is 0. The third-order valence-corrected chi connectivity index (χ3v) is 3.36. The van der Waals surface area contributed by atoms with Crippen LogP contribution in [0.15, 0.2) is 30.5 Å². The van der Waals surface area contributed by atoms with E-state index in [0.29, 0.717) is 18.5 Å². The number of aromatic nitrogens is 1. The predicted octanol–water partition coefficient (Wildman–Crippen LogP) is 2.89. The van der Waals surface area contributed by atoms with Gasteiger partial charge in [0.15, 0.2) is 0 Å². The Balaban J connectivity index is 2.53. The number of hydrogen-bond donors (Lipinski definition) is 1. The van der Waals surface area contributed by atoms with Gasteiger partial charge >= 0.3 is 6.18 Å². The lowest BCUT2D eigenvalue weighted by Gasteiger charge is -2.17. The summed E-state index contributed by atoms with van der Waals surface area (Å²) in [6.07, 6.45) is -2.81. The number of fused-ring (bicyclic) bond motifs is 1. The molecule has 0 fully saturated rings. The summed E-state index contributed by atoms with van der Waals surface area (Å²) in [6, 6.07) is 7.04. The zero-order chi connectivity index (χ0) is 14.8. The summed E-state index contributed by atoms with van der Waals surface area (Å²) >= 11 is 0. The van der Waals surface area contributed by atoms with E-state index >= 15 is 0 Å². The first-order valence-corrected chi connectivity index (χ1v) is 6.32. The highest BCUT2D eigenvalue weighted by Gasteiger charge is 2.41. The molecule has 0 bridgehead atoms. The highest BCUT2D eigenvalue weighted by atomic mass is 19.4. The molecule has 2 rings (SSSR count). The highest BCUT2D eigenvalue weighted by molar-refractivity contribution is 5.84. The van der Waals surface area contributed by atoms with Crippen LogP contribution < -0.4 is 5.73 Å². The van der Waals surface area contributed by atoms with Gasteiger partial charge in [0.25, 0.3) is 0 Å². The lowest BCUT2D eigenvalue weighted by molar-refractivity contribution is -0.147. The van der Waals surface area contributed by atoms with Crippen molar-refractivity contribution in [3.8, 4) is 0 Å². The molecule has 0 unspecified atom stereocenters. The van der Waals surface area contributed by atoms with Crippen molar-refractivity contribution in [1.82, 2.24) is 4.57 Å². The van der Waals surface area contributed by atoms with Gasteiger partial charge in [-0.15, -0.1) is 0 Å². The van der Waals surface area contributed by atoms with Crippen LogP contribution >= 0.6 is 0 Å². The van der Waals surface area contributed by atoms with E-state index in [4.69, 9.17) is 10.5 Å². The quantitative estimate of drug-likeness (QED) is 0.918. The minimum atomic E-state index is -4.34. The van der Waals surface area contributed by atoms with Crippen LogP contribution in [-0.4, -0.2) is 31.0 Å². The Morgan fingerprint density at radius 1 is 1.30 bits per heavy atom. The molecule has 0 aliphatic carbocycles. The van der Waals surface area contributed by atoms with Crippen molar-refractivity contribution in [3.05, 3.63) is 36.0 Å². The van der Waals surface area contributed by atoms with Crippen LogP contribution in [0.2, 0.25) is 0 Å². The van der Waals surface area contributed by atoms with Gasteiger partial charge in [0, 0.05) is 37.3 Å². The minimum Gasteiger partial charge on any atom is -0.383 e. The first-order chi connectivity index (χ1) is 9.49. The Bertz CT molecular complexity index is 577. The van der Waals surface area contributed by atoms with Crippen LogP contribution in [0.4, 0.5) is 13.2 Å². The molecule has 0 saturated heterocycles. The van der Waals surface area contributed by atoms with Crippen LogP contribution in [0.3, 0.4) is 0 Å². The van der Waals surface area contributed by atoms with Crippen molar-refractivity contribution < 1.29 is 17.9 Å². The van der Waals surface area contributed by atoms with Gasteiger partial charge in [0.05, 0.1) is 12.5 Å². The van der Waals surface area contributed by atoms with Crippen molar-refractivity contribution in [1.29, 1.82) is 0 Å². The zero-order valence-electron chi connectivity index (χ0n) is 11.2. The largest absolute Gasteiger partial charge is 0.397 e. The van der Waals surface area contributed by atoms with E-state index in [2.05, 4.69) is 0 Å². The summed E-state index contributed by atoms with van der Waals surface area (Å²) in [5.74, 6) is -1.64. The molecule has 0 spiro atoms. The maximum atomic E-state index is 13.1. The fraction of sp³-hybridized carbons (Fsp3) is 0.429. The molecule has 2 aromatic rings. The highest BCUT2D eigenvalue weighted by Crippen LogP contribution is 2.38. The third-order valence-electron chi connectivity index (χ3n) is 3.36. The number of para-hydroxylation sites is 1. The number of hydrogen-bond acceptors (Lipinski definition) is 2.